The highest BCUT2D eigenvalue weighted by molar-refractivity contribution is 7.80. The van der Waals surface area contributed by atoms with Gasteiger partial charge in [0, 0.05) is 32.2 Å². The van der Waals surface area contributed by atoms with Gasteiger partial charge in [0.05, 0.1) is 20.3 Å². The number of thiocarbonyl (C=S) groups is 1. The van der Waals surface area contributed by atoms with Gasteiger partial charge < -0.3 is 20.1 Å². The van der Waals surface area contributed by atoms with E-state index in [2.05, 4.69) is 25.5 Å². The fourth-order valence-electron chi connectivity index (χ4n) is 2.03. The van der Waals surface area contributed by atoms with Gasteiger partial charge in [-0.15, -0.1) is 0 Å². The molecule has 1 aromatic rings. The Hall–Kier alpha value is -1.72. The Morgan fingerprint density at radius 1 is 1.38 bits per heavy atom. The SMILES string of the molecule is COc1cc(C(F)(F)F)nc(NC(=S)NCCN2CCOCC2)n1. The first-order valence-electron chi connectivity index (χ1n) is 7.23. The molecule has 1 saturated heterocycles. The summed E-state index contributed by atoms with van der Waals surface area (Å²) in [6.07, 6.45) is -4.60. The lowest BCUT2D eigenvalue weighted by Crippen LogP contribution is -2.42. The standard InChI is InChI=1S/C13H18F3N5O2S/c1-22-10-8-9(13(14,15)16)18-11(19-10)20-12(24)17-2-3-21-4-6-23-7-5-21/h8H,2-7H2,1H3,(H2,17,18,19,20,24). The molecule has 1 aromatic heterocycles. The predicted molar refractivity (Wildman–Crippen MR) is 85.1 cm³/mol. The highest BCUT2D eigenvalue weighted by Crippen LogP contribution is 2.30. The third kappa shape index (κ3) is 5.73. The zero-order chi connectivity index (χ0) is 17.6. The molecule has 1 aliphatic rings. The van der Waals surface area contributed by atoms with Crippen LogP contribution in [0.1, 0.15) is 5.69 Å². The van der Waals surface area contributed by atoms with Crippen LogP contribution in [0.3, 0.4) is 0 Å². The van der Waals surface area contributed by atoms with Gasteiger partial charge in [0.15, 0.2) is 10.8 Å². The molecule has 0 saturated carbocycles. The molecular weight excluding hydrogens is 347 g/mol. The number of nitrogens with one attached hydrogen (secondary N) is 2. The van der Waals surface area contributed by atoms with Crippen molar-refractivity contribution < 1.29 is 22.6 Å². The Bertz CT molecular complexity index is 567. The lowest BCUT2D eigenvalue weighted by molar-refractivity contribution is -0.141. The Labute approximate surface area is 142 Å². The number of hydrogen-bond acceptors (Lipinski definition) is 6. The Morgan fingerprint density at radius 3 is 2.71 bits per heavy atom. The maximum atomic E-state index is 12.8. The lowest BCUT2D eigenvalue weighted by Gasteiger charge is -2.26. The summed E-state index contributed by atoms with van der Waals surface area (Å²) in [4.78, 5) is 9.41. The molecule has 1 fully saturated rings. The van der Waals surface area contributed by atoms with Crippen LogP contribution < -0.4 is 15.4 Å². The molecule has 2 rings (SSSR count). The summed E-state index contributed by atoms with van der Waals surface area (Å²) in [6.45, 7) is 4.37. The average Bonchev–Trinajstić information content (AvgIpc) is 2.54. The third-order valence-corrected chi connectivity index (χ3v) is 3.49. The second kappa shape index (κ2) is 8.40. The molecule has 1 aliphatic heterocycles. The van der Waals surface area contributed by atoms with Gasteiger partial charge in [-0.1, -0.05) is 0 Å². The van der Waals surface area contributed by atoms with E-state index in [-0.39, 0.29) is 16.9 Å². The maximum Gasteiger partial charge on any atom is 0.433 e. The van der Waals surface area contributed by atoms with E-state index in [1.54, 1.807) is 0 Å². The summed E-state index contributed by atoms with van der Waals surface area (Å²) < 4.78 is 48.4. The second-order valence-corrected chi connectivity index (χ2v) is 5.36. The molecule has 0 atom stereocenters. The van der Waals surface area contributed by atoms with Crippen LogP contribution in [-0.4, -0.2) is 66.5 Å². The van der Waals surface area contributed by atoms with Gasteiger partial charge in [-0.05, 0) is 12.2 Å². The van der Waals surface area contributed by atoms with Crippen molar-refractivity contribution in [2.75, 3.05) is 51.8 Å². The van der Waals surface area contributed by atoms with Crippen LogP contribution in [0.5, 0.6) is 5.88 Å². The van der Waals surface area contributed by atoms with E-state index in [0.717, 1.165) is 25.7 Å². The highest BCUT2D eigenvalue weighted by atomic mass is 32.1. The molecule has 0 aliphatic carbocycles. The van der Waals surface area contributed by atoms with E-state index in [4.69, 9.17) is 21.7 Å². The largest absolute Gasteiger partial charge is 0.481 e. The molecule has 7 nitrogen and oxygen atoms in total. The fraction of sp³-hybridized carbons (Fsp3) is 0.615. The van der Waals surface area contributed by atoms with Gasteiger partial charge >= 0.3 is 6.18 Å². The number of morpholine rings is 1. The normalized spacial score (nSPS) is 15.8. The zero-order valence-corrected chi connectivity index (χ0v) is 13.8. The minimum atomic E-state index is -4.60. The summed E-state index contributed by atoms with van der Waals surface area (Å²) in [7, 11) is 1.23. The van der Waals surface area contributed by atoms with Crippen molar-refractivity contribution in [1.29, 1.82) is 0 Å². The van der Waals surface area contributed by atoms with Crippen molar-refractivity contribution in [3.8, 4) is 5.88 Å². The van der Waals surface area contributed by atoms with E-state index in [1.807, 2.05) is 0 Å². The van der Waals surface area contributed by atoms with Gasteiger partial charge in [-0.2, -0.15) is 18.2 Å². The van der Waals surface area contributed by atoms with E-state index < -0.39 is 11.9 Å². The maximum absolute atomic E-state index is 12.8. The van der Waals surface area contributed by atoms with Gasteiger partial charge in [0.25, 0.3) is 0 Å². The number of rotatable bonds is 5. The Balaban J connectivity index is 1.88. The van der Waals surface area contributed by atoms with Gasteiger partial charge in [0.1, 0.15) is 0 Å². The predicted octanol–water partition coefficient (Wildman–Crippen LogP) is 1.12. The minimum absolute atomic E-state index is 0.143. The number of aromatic nitrogens is 2. The fourth-order valence-corrected chi connectivity index (χ4v) is 2.22. The summed E-state index contributed by atoms with van der Waals surface area (Å²) >= 11 is 5.05. The number of alkyl halides is 3. The minimum Gasteiger partial charge on any atom is -0.481 e. The molecule has 0 aromatic carbocycles. The van der Waals surface area contributed by atoms with Crippen LogP contribution in [0, 0.1) is 0 Å². The number of nitrogens with zero attached hydrogens (tertiary/aromatic N) is 3. The molecular formula is C13H18F3N5O2S. The van der Waals surface area contributed by atoms with Crippen LogP contribution >= 0.6 is 12.2 Å². The first kappa shape index (κ1) is 18.6. The van der Waals surface area contributed by atoms with Gasteiger partial charge in [-0.25, -0.2) is 4.98 Å². The van der Waals surface area contributed by atoms with Gasteiger partial charge in [0.2, 0.25) is 11.8 Å². The Kier molecular flexibility index (Phi) is 6.52. The molecule has 134 valence electrons. The first-order valence-corrected chi connectivity index (χ1v) is 7.64. The molecule has 0 amide bonds. The van der Waals surface area contributed by atoms with Crippen molar-refractivity contribution in [1.82, 2.24) is 20.2 Å². The van der Waals surface area contributed by atoms with Crippen LogP contribution in [-0.2, 0) is 10.9 Å². The average molecular weight is 365 g/mol. The van der Waals surface area contributed by atoms with Crippen LogP contribution in [0.4, 0.5) is 19.1 Å². The topological polar surface area (TPSA) is 71.5 Å². The molecule has 2 N–H and O–H groups in total. The van der Waals surface area contributed by atoms with Crippen LogP contribution in [0.25, 0.3) is 0 Å². The molecule has 24 heavy (non-hydrogen) atoms. The molecule has 2 heterocycles. The highest BCUT2D eigenvalue weighted by Gasteiger charge is 2.34. The quantitative estimate of drug-likeness (QED) is 0.753. The number of ether oxygens (including phenoxy) is 2. The summed E-state index contributed by atoms with van der Waals surface area (Å²) in [5, 5.41) is 5.59. The first-order chi connectivity index (χ1) is 11.4. The summed E-state index contributed by atoms with van der Waals surface area (Å²) in [5.74, 6) is -0.471. The van der Waals surface area contributed by atoms with Crippen molar-refractivity contribution in [2.45, 2.75) is 6.18 Å². The van der Waals surface area contributed by atoms with Gasteiger partial charge in [-0.3, -0.25) is 4.90 Å². The number of methoxy groups -OCH3 is 1. The van der Waals surface area contributed by atoms with Crippen LogP contribution in [0.2, 0.25) is 0 Å². The summed E-state index contributed by atoms with van der Waals surface area (Å²) in [5.41, 5.74) is -1.10. The molecule has 0 bridgehead atoms. The van der Waals surface area contributed by atoms with E-state index in [1.165, 1.54) is 7.11 Å². The molecule has 0 spiro atoms. The van der Waals surface area contributed by atoms with Crippen LogP contribution in [0.15, 0.2) is 6.07 Å². The van der Waals surface area contributed by atoms with E-state index >= 15 is 0 Å². The van der Waals surface area contributed by atoms with Crippen molar-refractivity contribution in [2.24, 2.45) is 0 Å². The van der Waals surface area contributed by atoms with Crippen molar-refractivity contribution >= 4 is 23.3 Å². The third-order valence-electron chi connectivity index (χ3n) is 3.24. The van der Waals surface area contributed by atoms with Crippen molar-refractivity contribution in [3.05, 3.63) is 11.8 Å². The second-order valence-electron chi connectivity index (χ2n) is 4.95. The molecule has 0 radical (unpaired) electrons. The summed E-state index contributed by atoms with van der Waals surface area (Å²) in [6, 6.07) is 0.722. The van der Waals surface area contributed by atoms with E-state index in [0.29, 0.717) is 19.8 Å². The lowest BCUT2D eigenvalue weighted by atomic mass is 10.4. The van der Waals surface area contributed by atoms with E-state index in [9.17, 15) is 13.2 Å². The van der Waals surface area contributed by atoms with Crippen molar-refractivity contribution in [3.63, 3.8) is 0 Å². The monoisotopic (exact) mass is 365 g/mol. The zero-order valence-electron chi connectivity index (χ0n) is 13.0. The smallest absolute Gasteiger partial charge is 0.433 e. The Morgan fingerprint density at radius 2 is 2.08 bits per heavy atom. The molecule has 11 heteroatoms. The number of anilines is 1. The number of hydrogen-bond donors (Lipinski definition) is 2. The molecule has 0 unspecified atom stereocenters. The number of halogens is 3.